The van der Waals surface area contributed by atoms with Crippen LogP contribution in [0.3, 0.4) is 0 Å². The first-order valence-corrected chi connectivity index (χ1v) is 8.09. The van der Waals surface area contributed by atoms with Crippen LogP contribution in [0.1, 0.15) is 71.6 Å². The number of carbonyl (C=O) groups is 1. The number of nitrogens with one attached hydrogen (secondary N) is 1. The molecule has 1 fully saturated rings. The third-order valence-corrected chi connectivity index (χ3v) is 4.43. The van der Waals surface area contributed by atoms with Gasteiger partial charge in [0.05, 0.1) is 5.41 Å². The normalized spacial score (nSPS) is 17.9. The molecule has 0 heterocycles. The Balaban J connectivity index is 2.07. The lowest BCUT2D eigenvalue weighted by Crippen LogP contribution is -2.44. The average molecular weight is 268 g/mol. The van der Waals surface area contributed by atoms with E-state index in [1.165, 1.54) is 25.7 Å². The Hall–Kier alpha value is -0.570. The molecule has 19 heavy (non-hydrogen) atoms. The van der Waals surface area contributed by atoms with Crippen molar-refractivity contribution in [1.82, 2.24) is 5.32 Å². The Kier molecular flexibility index (Phi) is 7.44. The van der Waals surface area contributed by atoms with E-state index < -0.39 is 0 Å². The van der Waals surface area contributed by atoms with Crippen LogP contribution in [0.25, 0.3) is 0 Å². The van der Waals surface area contributed by atoms with Crippen molar-refractivity contribution in [3.8, 4) is 0 Å². The number of unbranched alkanes of at least 4 members (excludes halogenated alkanes) is 3. The number of nitrogens with two attached hydrogens (primary N) is 1. The first-order chi connectivity index (χ1) is 9.10. The maximum absolute atomic E-state index is 12.2. The van der Waals surface area contributed by atoms with Gasteiger partial charge in [0.2, 0.25) is 5.91 Å². The van der Waals surface area contributed by atoms with Gasteiger partial charge in [-0.05, 0) is 25.2 Å². The first kappa shape index (κ1) is 16.5. The van der Waals surface area contributed by atoms with Crippen molar-refractivity contribution >= 4 is 5.91 Å². The van der Waals surface area contributed by atoms with E-state index in [4.69, 9.17) is 5.73 Å². The minimum Gasteiger partial charge on any atom is -0.356 e. The topological polar surface area (TPSA) is 55.1 Å². The van der Waals surface area contributed by atoms with E-state index in [0.717, 1.165) is 44.6 Å². The fourth-order valence-electron chi connectivity index (χ4n) is 3.00. The van der Waals surface area contributed by atoms with Gasteiger partial charge in [-0.25, -0.2) is 0 Å². The second-order valence-electron chi connectivity index (χ2n) is 6.54. The number of amides is 1. The minimum absolute atomic E-state index is 0.203. The lowest BCUT2D eigenvalue weighted by Gasteiger charge is -2.25. The Labute approximate surface area is 118 Å². The molecule has 1 amide bonds. The van der Waals surface area contributed by atoms with E-state index in [2.05, 4.69) is 19.2 Å². The third kappa shape index (κ3) is 5.52. The molecule has 3 nitrogen and oxygen atoms in total. The van der Waals surface area contributed by atoms with Crippen LogP contribution in [0, 0.1) is 11.3 Å². The standard InChI is InChI=1S/C16H32N2O/c1-14(2)9-5-3-4-8-12-18-15(19)16(13-17)10-6-7-11-16/h14H,3-13,17H2,1-2H3,(H,18,19). The molecule has 0 radical (unpaired) electrons. The number of rotatable bonds is 9. The van der Waals surface area contributed by atoms with Crippen LogP contribution in [0.2, 0.25) is 0 Å². The van der Waals surface area contributed by atoms with Crippen molar-refractivity contribution in [3.63, 3.8) is 0 Å². The summed E-state index contributed by atoms with van der Waals surface area (Å²) in [5.41, 5.74) is 5.57. The van der Waals surface area contributed by atoms with Crippen LogP contribution >= 0.6 is 0 Å². The molecular weight excluding hydrogens is 236 g/mol. The van der Waals surface area contributed by atoms with E-state index in [0.29, 0.717) is 6.54 Å². The summed E-state index contributed by atoms with van der Waals surface area (Å²) in [5.74, 6) is 1.01. The average Bonchev–Trinajstić information content (AvgIpc) is 2.87. The maximum atomic E-state index is 12.2. The highest BCUT2D eigenvalue weighted by atomic mass is 16.2. The van der Waals surface area contributed by atoms with Crippen molar-refractivity contribution in [2.24, 2.45) is 17.1 Å². The van der Waals surface area contributed by atoms with E-state index in [9.17, 15) is 4.79 Å². The van der Waals surface area contributed by atoms with Crippen LogP contribution in [0.15, 0.2) is 0 Å². The molecule has 0 saturated heterocycles. The van der Waals surface area contributed by atoms with Gasteiger partial charge >= 0.3 is 0 Å². The van der Waals surface area contributed by atoms with Crippen molar-refractivity contribution < 1.29 is 4.79 Å². The van der Waals surface area contributed by atoms with E-state index in [-0.39, 0.29) is 11.3 Å². The van der Waals surface area contributed by atoms with Crippen molar-refractivity contribution in [2.45, 2.75) is 71.6 Å². The van der Waals surface area contributed by atoms with Crippen LogP contribution in [0.5, 0.6) is 0 Å². The lowest BCUT2D eigenvalue weighted by atomic mass is 9.85. The quantitative estimate of drug-likeness (QED) is 0.631. The SMILES string of the molecule is CC(C)CCCCCCNC(=O)C1(CN)CCCC1. The molecule has 0 bridgehead atoms. The Morgan fingerprint density at radius 2 is 1.79 bits per heavy atom. The zero-order valence-electron chi connectivity index (χ0n) is 12.8. The van der Waals surface area contributed by atoms with E-state index in [1.54, 1.807) is 0 Å². The first-order valence-electron chi connectivity index (χ1n) is 8.09. The predicted molar refractivity (Wildman–Crippen MR) is 80.9 cm³/mol. The maximum Gasteiger partial charge on any atom is 0.227 e. The second-order valence-corrected chi connectivity index (χ2v) is 6.54. The van der Waals surface area contributed by atoms with Gasteiger partial charge in [0.15, 0.2) is 0 Å². The fourth-order valence-corrected chi connectivity index (χ4v) is 3.00. The molecule has 0 aliphatic heterocycles. The highest BCUT2D eigenvalue weighted by Crippen LogP contribution is 2.37. The molecule has 112 valence electrons. The predicted octanol–water partition coefficient (Wildman–Crippen LogP) is 3.23. The summed E-state index contributed by atoms with van der Waals surface area (Å²) in [6, 6.07) is 0. The molecular formula is C16H32N2O. The molecule has 1 saturated carbocycles. The zero-order chi connectivity index (χ0) is 14.1. The smallest absolute Gasteiger partial charge is 0.227 e. The fraction of sp³-hybridized carbons (Fsp3) is 0.938. The molecule has 3 N–H and O–H groups in total. The van der Waals surface area contributed by atoms with Crippen LogP contribution in [-0.2, 0) is 4.79 Å². The molecule has 0 aromatic carbocycles. The summed E-state index contributed by atoms with van der Waals surface area (Å²) < 4.78 is 0. The Morgan fingerprint density at radius 3 is 2.37 bits per heavy atom. The Morgan fingerprint density at radius 1 is 1.16 bits per heavy atom. The summed E-state index contributed by atoms with van der Waals surface area (Å²) in [4.78, 5) is 12.2. The second kappa shape index (κ2) is 8.57. The number of hydrogen-bond donors (Lipinski definition) is 2. The number of carbonyl (C=O) groups excluding carboxylic acids is 1. The minimum atomic E-state index is -0.238. The van der Waals surface area contributed by atoms with Gasteiger partial charge in [0.25, 0.3) is 0 Å². The molecule has 0 unspecified atom stereocenters. The summed E-state index contributed by atoms with van der Waals surface area (Å²) in [5, 5.41) is 3.10. The molecule has 0 spiro atoms. The van der Waals surface area contributed by atoms with Gasteiger partial charge in [-0.15, -0.1) is 0 Å². The molecule has 1 aliphatic carbocycles. The number of hydrogen-bond acceptors (Lipinski definition) is 2. The summed E-state index contributed by atoms with van der Waals surface area (Å²) in [6.07, 6.45) is 10.5. The third-order valence-electron chi connectivity index (χ3n) is 4.43. The monoisotopic (exact) mass is 268 g/mol. The van der Waals surface area contributed by atoms with Crippen LogP contribution in [0.4, 0.5) is 0 Å². The van der Waals surface area contributed by atoms with Gasteiger partial charge < -0.3 is 11.1 Å². The largest absolute Gasteiger partial charge is 0.356 e. The summed E-state index contributed by atoms with van der Waals surface area (Å²) in [6.45, 7) is 5.87. The van der Waals surface area contributed by atoms with Gasteiger partial charge in [-0.1, -0.05) is 52.4 Å². The molecule has 0 aromatic rings. The molecule has 0 atom stereocenters. The highest BCUT2D eigenvalue weighted by molar-refractivity contribution is 5.83. The molecule has 1 aliphatic rings. The zero-order valence-corrected chi connectivity index (χ0v) is 12.8. The highest BCUT2D eigenvalue weighted by Gasteiger charge is 2.39. The van der Waals surface area contributed by atoms with Crippen molar-refractivity contribution in [2.75, 3.05) is 13.1 Å². The van der Waals surface area contributed by atoms with Gasteiger partial charge in [0.1, 0.15) is 0 Å². The van der Waals surface area contributed by atoms with E-state index >= 15 is 0 Å². The Bertz CT molecular complexity index is 257. The van der Waals surface area contributed by atoms with Gasteiger partial charge in [-0.3, -0.25) is 4.79 Å². The summed E-state index contributed by atoms with van der Waals surface area (Å²) >= 11 is 0. The lowest BCUT2D eigenvalue weighted by molar-refractivity contribution is -0.130. The summed E-state index contributed by atoms with van der Waals surface area (Å²) in [7, 11) is 0. The molecule has 0 aromatic heterocycles. The van der Waals surface area contributed by atoms with Crippen LogP contribution < -0.4 is 11.1 Å². The van der Waals surface area contributed by atoms with Crippen molar-refractivity contribution in [3.05, 3.63) is 0 Å². The van der Waals surface area contributed by atoms with E-state index in [1.807, 2.05) is 0 Å². The molecule has 1 rings (SSSR count). The van der Waals surface area contributed by atoms with Crippen LogP contribution in [-0.4, -0.2) is 19.0 Å². The molecule has 3 heteroatoms. The van der Waals surface area contributed by atoms with Crippen molar-refractivity contribution in [1.29, 1.82) is 0 Å². The van der Waals surface area contributed by atoms with Gasteiger partial charge in [0, 0.05) is 13.1 Å². The van der Waals surface area contributed by atoms with Gasteiger partial charge in [-0.2, -0.15) is 0 Å².